The first-order chi connectivity index (χ1) is 21.7. The minimum Gasteiger partial charge on any atom is -0.481 e. The highest BCUT2D eigenvalue weighted by molar-refractivity contribution is 6.03. The number of rotatable bonds is 15. The molecule has 5 rings (SSSR count). The van der Waals surface area contributed by atoms with E-state index in [1.165, 1.54) is 18.5 Å². The van der Waals surface area contributed by atoms with Crippen LogP contribution in [0.25, 0.3) is 0 Å². The highest BCUT2D eigenvalue weighted by Gasteiger charge is 2.48. The molecule has 4 N–H and O–H groups in total. The highest BCUT2D eigenvalue weighted by Crippen LogP contribution is 2.46. The minimum atomic E-state index is -1.43. The number of aromatic nitrogens is 3. The normalized spacial score (nSPS) is 16.9. The van der Waals surface area contributed by atoms with E-state index in [9.17, 15) is 23.9 Å². The van der Waals surface area contributed by atoms with Gasteiger partial charge in [0.25, 0.3) is 0 Å². The number of carbonyl (C=O) groups excluding carboxylic acids is 1. The number of halogens is 1. The van der Waals surface area contributed by atoms with Gasteiger partial charge in [-0.1, -0.05) is 48.5 Å². The molecule has 0 radical (unpaired) electrons. The van der Waals surface area contributed by atoms with Crippen molar-refractivity contribution in [1.82, 2.24) is 15.2 Å². The number of amides is 1. The highest BCUT2D eigenvalue weighted by atomic mass is 19.1. The Morgan fingerprint density at radius 1 is 0.867 bits per heavy atom. The topological polar surface area (TPSA) is 157 Å². The number of aliphatic hydroxyl groups excluding tert-OH is 1. The summed E-state index contributed by atoms with van der Waals surface area (Å²) in [6.07, 6.45) is 3.84. The molecule has 4 aromatic rings. The summed E-state index contributed by atoms with van der Waals surface area (Å²) in [7, 11) is 0. The number of aliphatic hydroxyl groups is 1. The fraction of sp³-hybridized carbons (Fsp3) is 0.324. The van der Waals surface area contributed by atoms with Crippen LogP contribution < -0.4 is 4.90 Å². The van der Waals surface area contributed by atoms with Gasteiger partial charge in [0.15, 0.2) is 5.92 Å². The number of hydrogen-bond donors (Lipinski definition) is 4. The third-order valence-corrected chi connectivity index (χ3v) is 8.43. The number of nitrogens with one attached hydrogen (secondary N) is 1. The molecule has 0 saturated carbocycles. The van der Waals surface area contributed by atoms with Gasteiger partial charge in [0.1, 0.15) is 18.0 Å². The number of aliphatic carboxylic acids is 2. The van der Waals surface area contributed by atoms with Crippen LogP contribution >= 0.6 is 0 Å². The second kappa shape index (κ2) is 14.3. The van der Waals surface area contributed by atoms with Gasteiger partial charge in [-0.15, -0.1) is 0 Å². The average molecular weight is 615 g/mol. The van der Waals surface area contributed by atoms with E-state index in [2.05, 4.69) is 15.2 Å². The third kappa shape index (κ3) is 7.61. The summed E-state index contributed by atoms with van der Waals surface area (Å²) in [4.78, 5) is 41.9. The molecular weight excluding hydrogens is 579 g/mol. The van der Waals surface area contributed by atoms with E-state index in [0.29, 0.717) is 37.7 Å². The monoisotopic (exact) mass is 614 g/mol. The lowest BCUT2D eigenvalue weighted by atomic mass is 9.78. The first-order valence-electron chi connectivity index (χ1n) is 15.0. The van der Waals surface area contributed by atoms with Crippen molar-refractivity contribution in [2.75, 3.05) is 4.90 Å². The number of nitrogens with zero attached hydrogens (tertiary/aromatic N) is 3. The van der Waals surface area contributed by atoms with Crippen molar-refractivity contribution < 1.29 is 34.1 Å². The maximum absolute atomic E-state index is 13.6. The largest absolute Gasteiger partial charge is 0.481 e. The standard InChI is InChI=1S/C34H35FN4O6/c35-25-13-11-23(12-14-25)29(40)18-17-27-31(24-9-4-21(5-10-24)2-1-3-28(33(42)43)34(44)45)39(32(27)41)26-15-6-22(7-16-26)8-19-30-36-20-37-38-30/h4-7,9-16,20,27-29,31,40H,1-3,8,17-19H2,(H,42,43)(H,44,45)(H,36,37,38)/t27-,29+,31-/m1/s1. The van der Waals surface area contributed by atoms with Crippen molar-refractivity contribution in [1.29, 1.82) is 0 Å². The lowest BCUT2D eigenvalue weighted by molar-refractivity contribution is -0.154. The lowest BCUT2D eigenvalue weighted by Crippen LogP contribution is -2.55. The molecule has 0 unspecified atom stereocenters. The average Bonchev–Trinajstić information content (AvgIpc) is 3.56. The van der Waals surface area contributed by atoms with Crippen molar-refractivity contribution in [3.8, 4) is 0 Å². The summed E-state index contributed by atoms with van der Waals surface area (Å²) in [5, 5.41) is 35.7. The predicted octanol–water partition coefficient (Wildman–Crippen LogP) is 5.06. The molecule has 3 aromatic carbocycles. The summed E-state index contributed by atoms with van der Waals surface area (Å²) < 4.78 is 13.4. The van der Waals surface area contributed by atoms with Gasteiger partial charge in [-0.25, -0.2) is 9.37 Å². The van der Waals surface area contributed by atoms with Crippen molar-refractivity contribution in [3.63, 3.8) is 0 Å². The van der Waals surface area contributed by atoms with E-state index in [0.717, 1.165) is 34.6 Å². The Balaban J connectivity index is 1.29. The molecule has 1 saturated heterocycles. The van der Waals surface area contributed by atoms with Crippen molar-refractivity contribution in [2.24, 2.45) is 11.8 Å². The summed E-state index contributed by atoms with van der Waals surface area (Å²) in [6, 6.07) is 21.0. The van der Waals surface area contributed by atoms with Crippen molar-refractivity contribution >= 4 is 23.5 Å². The molecule has 1 aromatic heterocycles. The van der Waals surface area contributed by atoms with E-state index < -0.39 is 24.0 Å². The van der Waals surface area contributed by atoms with Gasteiger partial charge in [-0.3, -0.25) is 19.5 Å². The van der Waals surface area contributed by atoms with Crippen LogP contribution in [-0.2, 0) is 33.6 Å². The number of H-pyrrole nitrogens is 1. The van der Waals surface area contributed by atoms with Crippen LogP contribution in [0.4, 0.5) is 10.1 Å². The summed E-state index contributed by atoms with van der Waals surface area (Å²) in [5.41, 5.74) is 4.31. The summed E-state index contributed by atoms with van der Waals surface area (Å²) in [5.74, 6) is -4.11. The number of benzene rings is 3. The molecule has 234 valence electrons. The fourth-order valence-electron chi connectivity index (χ4n) is 5.87. The van der Waals surface area contributed by atoms with Crippen LogP contribution in [0.2, 0.25) is 0 Å². The summed E-state index contributed by atoms with van der Waals surface area (Å²) in [6.45, 7) is 0. The molecular formula is C34H35FN4O6. The molecule has 1 aliphatic rings. The molecule has 45 heavy (non-hydrogen) atoms. The minimum absolute atomic E-state index is 0.0319. The second-order valence-electron chi connectivity index (χ2n) is 11.4. The second-order valence-corrected chi connectivity index (χ2v) is 11.4. The SMILES string of the molecule is O=C(O)C(CCCc1ccc([C@@H]2[C@@H](CC[C@H](O)c3ccc(F)cc3)C(=O)N2c2ccc(CCc3ncn[nH]3)cc2)cc1)C(=O)O. The van der Waals surface area contributed by atoms with Gasteiger partial charge in [0, 0.05) is 12.1 Å². The number of aromatic amines is 1. The van der Waals surface area contributed by atoms with E-state index in [-0.39, 0.29) is 30.1 Å². The summed E-state index contributed by atoms with van der Waals surface area (Å²) >= 11 is 0. The van der Waals surface area contributed by atoms with Crippen LogP contribution in [0.5, 0.6) is 0 Å². The zero-order valence-electron chi connectivity index (χ0n) is 24.6. The Kier molecular flexibility index (Phi) is 9.99. The number of β-lactam (4-membered cyclic amide) rings is 1. The van der Waals surface area contributed by atoms with Crippen molar-refractivity contribution in [2.45, 2.75) is 57.1 Å². The predicted molar refractivity (Wildman–Crippen MR) is 163 cm³/mol. The quantitative estimate of drug-likeness (QED) is 0.107. The third-order valence-electron chi connectivity index (χ3n) is 8.43. The Bertz CT molecular complexity index is 1580. The molecule has 3 atom stereocenters. The number of carboxylic acids is 2. The molecule has 11 heteroatoms. The van der Waals surface area contributed by atoms with Crippen LogP contribution in [0, 0.1) is 17.7 Å². The van der Waals surface area contributed by atoms with E-state index in [1.54, 1.807) is 17.0 Å². The van der Waals surface area contributed by atoms with Gasteiger partial charge in [-0.2, -0.15) is 5.10 Å². The molecule has 0 spiro atoms. The van der Waals surface area contributed by atoms with Gasteiger partial charge in [-0.05, 0) is 85.0 Å². The Morgan fingerprint density at radius 2 is 1.51 bits per heavy atom. The first kappa shape index (κ1) is 31.5. The molecule has 1 aliphatic heterocycles. The smallest absolute Gasteiger partial charge is 0.317 e. The van der Waals surface area contributed by atoms with Crippen molar-refractivity contribution in [3.05, 3.63) is 113 Å². The van der Waals surface area contributed by atoms with Gasteiger partial charge >= 0.3 is 11.9 Å². The zero-order valence-corrected chi connectivity index (χ0v) is 24.6. The number of carbonyl (C=O) groups is 3. The molecule has 10 nitrogen and oxygen atoms in total. The first-order valence-corrected chi connectivity index (χ1v) is 15.0. The van der Waals surface area contributed by atoms with Crippen LogP contribution in [-0.4, -0.2) is 48.3 Å². The number of carboxylic acid groups (broad SMARTS) is 2. The maximum atomic E-state index is 13.6. The van der Waals surface area contributed by atoms with Crippen LogP contribution in [0.1, 0.15) is 65.9 Å². The number of anilines is 1. The molecule has 2 heterocycles. The Labute approximate surface area is 259 Å². The van der Waals surface area contributed by atoms with Gasteiger partial charge in [0.2, 0.25) is 5.91 Å². The Morgan fingerprint density at radius 3 is 2.13 bits per heavy atom. The zero-order chi connectivity index (χ0) is 31.9. The fourth-order valence-corrected chi connectivity index (χ4v) is 5.87. The van der Waals surface area contributed by atoms with E-state index in [1.807, 2.05) is 48.5 Å². The van der Waals surface area contributed by atoms with Gasteiger partial charge < -0.3 is 20.2 Å². The van der Waals surface area contributed by atoms with Crippen LogP contribution in [0.15, 0.2) is 79.1 Å². The van der Waals surface area contributed by atoms with E-state index >= 15 is 0 Å². The van der Waals surface area contributed by atoms with Gasteiger partial charge in [0.05, 0.1) is 18.1 Å². The van der Waals surface area contributed by atoms with Crippen LogP contribution in [0.3, 0.4) is 0 Å². The molecule has 0 aliphatic carbocycles. The maximum Gasteiger partial charge on any atom is 0.317 e. The Hall–Kier alpha value is -4.90. The molecule has 1 amide bonds. The molecule has 1 fully saturated rings. The molecule has 0 bridgehead atoms. The number of aryl methyl sites for hydroxylation is 3. The number of hydrogen-bond acceptors (Lipinski definition) is 6. The van der Waals surface area contributed by atoms with E-state index in [4.69, 9.17) is 10.2 Å². The lowest BCUT2D eigenvalue weighted by Gasteiger charge is -2.48.